The summed E-state index contributed by atoms with van der Waals surface area (Å²) in [5.74, 6) is 1.02. The number of likely N-dealkylation sites (tertiary alicyclic amines) is 1. The predicted molar refractivity (Wildman–Crippen MR) is 133 cm³/mol. The van der Waals surface area contributed by atoms with E-state index in [1.807, 2.05) is 12.1 Å². The molecule has 2 fully saturated rings. The van der Waals surface area contributed by atoms with Gasteiger partial charge in [-0.2, -0.15) is 0 Å². The van der Waals surface area contributed by atoms with Crippen LogP contribution >= 0.6 is 0 Å². The molecule has 2 aliphatic rings. The Bertz CT molecular complexity index is 870. The monoisotopic (exact) mass is 437 g/mol. The fourth-order valence-electron chi connectivity index (χ4n) is 4.49. The van der Waals surface area contributed by atoms with Gasteiger partial charge in [-0.15, -0.1) is 0 Å². The van der Waals surface area contributed by atoms with Crippen molar-refractivity contribution in [3.63, 3.8) is 0 Å². The first-order valence-electron chi connectivity index (χ1n) is 11.7. The number of piperidine rings is 1. The third kappa shape index (κ3) is 7.02. The summed E-state index contributed by atoms with van der Waals surface area (Å²) in [5.41, 5.74) is 8.84. The lowest BCUT2D eigenvalue weighted by Crippen LogP contribution is -2.37. The van der Waals surface area contributed by atoms with E-state index in [-0.39, 0.29) is 5.91 Å². The van der Waals surface area contributed by atoms with Gasteiger partial charge in [0.2, 0.25) is 5.91 Å². The van der Waals surface area contributed by atoms with Gasteiger partial charge in [0.15, 0.2) is 0 Å². The topological polar surface area (TPSA) is 94.6 Å². The number of amides is 1. The predicted octanol–water partition coefficient (Wildman–Crippen LogP) is 4.46. The molecule has 0 aromatic heterocycles. The van der Waals surface area contributed by atoms with Crippen molar-refractivity contribution < 1.29 is 4.79 Å². The molecule has 1 aromatic rings. The maximum absolute atomic E-state index is 11.1. The zero-order valence-electron chi connectivity index (χ0n) is 20.1. The molecule has 1 unspecified atom stereocenters. The van der Waals surface area contributed by atoms with E-state index in [4.69, 9.17) is 11.1 Å². The van der Waals surface area contributed by atoms with Crippen LogP contribution < -0.4 is 11.1 Å². The van der Waals surface area contributed by atoms with Crippen LogP contribution in [0.2, 0.25) is 0 Å². The Kier molecular flexibility index (Phi) is 7.55. The number of benzene rings is 1. The molecule has 1 spiro atoms. The summed E-state index contributed by atoms with van der Waals surface area (Å²) in [4.78, 5) is 18.3. The molecule has 1 aromatic carbocycles. The van der Waals surface area contributed by atoms with Gasteiger partial charge in [-0.3, -0.25) is 9.79 Å². The minimum absolute atomic E-state index is 0.111. The molecule has 4 N–H and O–H groups in total. The first kappa shape index (κ1) is 24.2. The van der Waals surface area contributed by atoms with Crippen LogP contribution in [0.4, 0.5) is 5.69 Å². The lowest BCUT2D eigenvalue weighted by Gasteiger charge is -2.34. The average Bonchev–Trinajstić information content (AvgIpc) is 3.41. The largest absolute Gasteiger partial charge is 0.384 e. The summed E-state index contributed by atoms with van der Waals surface area (Å²) in [6, 6.07) is 7.20. The summed E-state index contributed by atoms with van der Waals surface area (Å²) in [7, 11) is 0. The zero-order chi connectivity index (χ0) is 23.4. The standard InChI is InChI=1S/C26H39N5O/c1-19(32)30-22-7-5-20(6-8-22)23(27)9-10-24(28)29-18-21-17-26(21)12-15-31(16-13-26)14-11-25(2,3)4/h5-10,21,27H,11-18H2,1-4H3,(H2,28,29)(H,30,32)/b10-9-,27-23?. The van der Waals surface area contributed by atoms with Crippen molar-refractivity contribution in [1.82, 2.24) is 4.90 Å². The Morgan fingerprint density at radius 3 is 2.50 bits per heavy atom. The van der Waals surface area contributed by atoms with Gasteiger partial charge in [0.1, 0.15) is 5.84 Å². The minimum Gasteiger partial charge on any atom is -0.384 e. The SMILES string of the molecule is CC(=O)Nc1ccc(C(=N)/C=C\C(N)=NCC2CC23CCN(CCC(C)(C)C)CC3)cc1. The average molecular weight is 438 g/mol. The van der Waals surface area contributed by atoms with Crippen molar-refractivity contribution in [1.29, 1.82) is 5.41 Å². The highest BCUT2D eigenvalue weighted by Gasteiger charge is 2.54. The Morgan fingerprint density at radius 2 is 1.91 bits per heavy atom. The number of nitrogens with zero attached hydrogens (tertiary/aromatic N) is 2. The first-order valence-corrected chi connectivity index (χ1v) is 11.7. The van der Waals surface area contributed by atoms with E-state index < -0.39 is 0 Å². The molecule has 0 radical (unpaired) electrons. The molecule has 1 aliphatic heterocycles. The van der Waals surface area contributed by atoms with Gasteiger partial charge in [0.05, 0.1) is 5.71 Å². The van der Waals surface area contributed by atoms with Crippen molar-refractivity contribution in [2.24, 2.45) is 27.5 Å². The van der Waals surface area contributed by atoms with Crippen LogP contribution in [0.15, 0.2) is 41.4 Å². The first-order chi connectivity index (χ1) is 15.1. The van der Waals surface area contributed by atoms with Gasteiger partial charge in [-0.1, -0.05) is 32.9 Å². The Morgan fingerprint density at radius 1 is 1.25 bits per heavy atom. The normalized spacial score (nSPS) is 21.1. The minimum atomic E-state index is -0.111. The van der Waals surface area contributed by atoms with Crippen LogP contribution in [0.1, 0.15) is 58.9 Å². The van der Waals surface area contributed by atoms with E-state index >= 15 is 0 Å². The third-order valence-electron chi connectivity index (χ3n) is 6.82. The van der Waals surface area contributed by atoms with Crippen LogP contribution in [0.5, 0.6) is 0 Å². The number of aliphatic imine (C=N–C) groups is 1. The highest BCUT2D eigenvalue weighted by atomic mass is 16.1. The van der Waals surface area contributed by atoms with Crippen molar-refractivity contribution in [2.75, 3.05) is 31.5 Å². The molecule has 6 nitrogen and oxygen atoms in total. The molecule has 1 heterocycles. The molecule has 6 heteroatoms. The molecular weight excluding hydrogens is 398 g/mol. The molecule has 1 saturated carbocycles. The number of nitrogens with one attached hydrogen (secondary N) is 2. The highest BCUT2D eigenvalue weighted by molar-refractivity contribution is 6.10. The van der Waals surface area contributed by atoms with Gasteiger partial charge in [-0.25, -0.2) is 0 Å². The molecule has 32 heavy (non-hydrogen) atoms. The van der Waals surface area contributed by atoms with Gasteiger partial charge < -0.3 is 21.4 Å². The fourth-order valence-corrected chi connectivity index (χ4v) is 4.49. The van der Waals surface area contributed by atoms with Gasteiger partial charge in [0.25, 0.3) is 0 Å². The molecule has 1 atom stereocenters. The van der Waals surface area contributed by atoms with Crippen LogP contribution in [-0.4, -0.2) is 48.5 Å². The zero-order valence-corrected chi connectivity index (χ0v) is 20.1. The van der Waals surface area contributed by atoms with Gasteiger partial charge in [-0.05, 0) is 91.9 Å². The quantitative estimate of drug-likeness (QED) is 0.414. The number of anilines is 1. The second-order valence-electron chi connectivity index (χ2n) is 10.7. The van der Waals surface area contributed by atoms with Crippen molar-refractivity contribution in [3.8, 4) is 0 Å². The van der Waals surface area contributed by atoms with E-state index in [2.05, 4.69) is 36.0 Å². The molecule has 174 valence electrons. The number of hydrogen-bond acceptors (Lipinski definition) is 4. The van der Waals surface area contributed by atoms with Gasteiger partial charge >= 0.3 is 0 Å². The number of allylic oxidation sites excluding steroid dienone is 1. The van der Waals surface area contributed by atoms with E-state index in [0.29, 0.717) is 28.3 Å². The van der Waals surface area contributed by atoms with E-state index in [9.17, 15) is 4.79 Å². The summed E-state index contributed by atoms with van der Waals surface area (Å²) in [6.07, 6.45) is 8.50. The Balaban J connectivity index is 1.42. The molecule has 1 amide bonds. The van der Waals surface area contributed by atoms with E-state index in [1.54, 1.807) is 24.3 Å². The fraction of sp³-hybridized carbons (Fsp3) is 0.577. The molecule has 1 aliphatic carbocycles. The second-order valence-corrected chi connectivity index (χ2v) is 10.7. The lowest BCUT2D eigenvalue weighted by atomic mass is 9.88. The number of amidine groups is 1. The summed E-state index contributed by atoms with van der Waals surface area (Å²) in [6.45, 7) is 12.8. The Hall–Kier alpha value is -2.47. The summed E-state index contributed by atoms with van der Waals surface area (Å²) >= 11 is 0. The van der Waals surface area contributed by atoms with Crippen LogP contribution in [0.25, 0.3) is 0 Å². The lowest BCUT2D eigenvalue weighted by molar-refractivity contribution is -0.114. The maximum Gasteiger partial charge on any atom is 0.221 e. The van der Waals surface area contributed by atoms with E-state index in [0.717, 1.165) is 17.8 Å². The third-order valence-corrected chi connectivity index (χ3v) is 6.82. The van der Waals surface area contributed by atoms with Crippen LogP contribution in [0.3, 0.4) is 0 Å². The maximum atomic E-state index is 11.1. The van der Waals surface area contributed by atoms with E-state index in [1.165, 1.54) is 52.2 Å². The van der Waals surface area contributed by atoms with Crippen molar-refractivity contribution >= 4 is 23.1 Å². The Labute approximate surface area is 192 Å². The number of rotatable bonds is 8. The summed E-state index contributed by atoms with van der Waals surface area (Å²) < 4.78 is 0. The molecule has 3 rings (SSSR count). The number of carbonyl (C=O) groups excluding carboxylic acids is 1. The van der Waals surface area contributed by atoms with Crippen LogP contribution in [0, 0.1) is 22.2 Å². The smallest absolute Gasteiger partial charge is 0.221 e. The second kappa shape index (κ2) is 9.99. The van der Waals surface area contributed by atoms with Crippen molar-refractivity contribution in [3.05, 3.63) is 42.0 Å². The van der Waals surface area contributed by atoms with Crippen molar-refractivity contribution in [2.45, 2.75) is 53.4 Å². The molecule has 1 saturated heterocycles. The highest BCUT2D eigenvalue weighted by Crippen LogP contribution is 2.59. The number of carbonyl (C=O) groups is 1. The van der Waals surface area contributed by atoms with Crippen LogP contribution in [-0.2, 0) is 4.79 Å². The molecule has 0 bridgehead atoms. The summed E-state index contributed by atoms with van der Waals surface area (Å²) in [5, 5.41) is 10.9. The van der Waals surface area contributed by atoms with Gasteiger partial charge in [0, 0.05) is 19.2 Å². The number of hydrogen-bond donors (Lipinski definition) is 3. The number of nitrogens with two attached hydrogens (primary N) is 1. The molecular formula is C26H39N5O.